The summed E-state index contributed by atoms with van der Waals surface area (Å²) in [5.41, 5.74) is 0. The number of carbonyl (C=O) groups excluding carboxylic acids is 3. The van der Waals surface area contributed by atoms with Crippen LogP contribution in [-0.2, 0) is 90.2 Å². The van der Waals surface area contributed by atoms with Crippen LogP contribution in [0.3, 0.4) is 0 Å². The van der Waals surface area contributed by atoms with E-state index in [2.05, 4.69) is 29.8 Å². The highest BCUT2D eigenvalue weighted by atomic mass is 16.8. The van der Waals surface area contributed by atoms with E-state index in [-0.39, 0.29) is 12.3 Å². The molecule has 44 heteroatoms. The van der Waals surface area contributed by atoms with E-state index >= 15 is 0 Å². The largest absolute Gasteiger partial charge is 0.394 e. The van der Waals surface area contributed by atoms with Gasteiger partial charge in [0.1, 0.15) is 183 Å². The minimum absolute atomic E-state index is 0.141. The fourth-order valence-corrected chi connectivity index (χ4v) is 17.6. The number of amides is 3. The molecule has 8 fully saturated rings. The Kier molecular flexibility index (Phi) is 48.8. The van der Waals surface area contributed by atoms with Crippen LogP contribution >= 0.6 is 0 Å². The third-order valence-corrected chi connectivity index (χ3v) is 25.4. The number of allylic oxidation sites excluding steroid dienone is 1. The second-order valence-corrected chi connectivity index (χ2v) is 35.5. The van der Waals surface area contributed by atoms with Crippen LogP contribution in [0.4, 0.5) is 0 Å². The topological polar surface area (TPSA) is 680 Å². The lowest BCUT2D eigenvalue weighted by molar-refractivity contribution is -0.400. The van der Waals surface area contributed by atoms with Crippen molar-refractivity contribution < 1.29 is 203 Å². The highest BCUT2D eigenvalue weighted by Gasteiger charge is 2.61. The molecular weight excluding hydrogens is 1730 g/mol. The van der Waals surface area contributed by atoms with Crippen LogP contribution in [0.2, 0.25) is 0 Å². The van der Waals surface area contributed by atoms with Gasteiger partial charge in [-0.1, -0.05) is 167 Å². The van der Waals surface area contributed by atoms with Crippen LogP contribution in [-0.4, -0.2) is 434 Å². The van der Waals surface area contributed by atoms with Gasteiger partial charge in [-0.25, -0.2) is 0 Å². The van der Waals surface area contributed by atoms with Gasteiger partial charge in [0.15, 0.2) is 50.3 Å². The highest BCUT2D eigenvalue weighted by molar-refractivity contribution is 5.76. The molecule has 8 rings (SSSR count). The van der Waals surface area contributed by atoms with Gasteiger partial charge in [-0.05, 0) is 33.1 Å². The predicted octanol–water partition coefficient (Wildman–Crippen LogP) is -5.50. The van der Waals surface area contributed by atoms with Crippen molar-refractivity contribution >= 4 is 17.7 Å². The lowest BCUT2D eigenvalue weighted by Gasteiger charge is -2.52. The molecule has 130 heavy (non-hydrogen) atoms. The Hall–Kier alpha value is -3.37. The van der Waals surface area contributed by atoms with E-state index in [9.17, 15) is 127 Å². The Labute approximate surface area is 757 Å². The number of ether oxygens (including phenoxy) is 16. The van der Waals surface area contributed by atoms with E-state index in [1.54, 1.807) is 6.08 Å². The molecule has 8 heterocycles. The number of hydrogen-bond donors (Lipinski definition) is 25. The van der Waals surface area contributed by atoms with Crippen molar-refractivity contribution in [2.24, 2.45) is 0 Å². The summed E-state index contributed by atoms with van der Waals surface area (Å²) in [5, 5.41) is 257. The van der Waals surface area contributed by atoms with Gasteiger partial charge < -0.3 is 204 Å². The first-order valence-electron chi connectivity index (χ1n) is 46.7. The van der Waals surface area contributed by atoms with Gasteiger partial charge in [0, 0.05) is 20.3 Å². The van der Waals surface area contributed by atoms with Crippen LogP contribution in [0.25, 0.3) is 0 Å². The molecule has 42 atom stereocenters. The number of carbonyl (C=O) groups is 3. The summed E-state index contributed by atoms with van der Waals surface area (Å²) < 4.78 is 97.6. The number of nitrogens with one attached hydrogen (secondary N) is 3. The van der Waals surface area contributed by atoms with Crippen molar-refractivity contribution in [2.75, 3.05) is 46.2 Å². The Bertz CT molecular complexity index is 3190. The predicted molar refractivity (Wildman–Crippen MR) is 447 cm³/mol. The average Bonchev–Trinajstić information content (AvgIpc) is 0.764. The Balaban J connectivity index is 1.01. The standard InChI is InChI=1S/C86H153N3O41/c1-7-9-11-13-15-17-19-21-23-25-27-29-31-33-47(98)46(89-54(99)34-32-30-28-26-24-22-20-18-16-14-12-10-8-2)41-115-81-69(112)65(108)72(51(38-93)123-81)124-85-70(113)77(60(103)49(36-91)119-85)129-79-55(87-44(5)96)75(127-83-67(110)63(106)58(101)43(4)117-83)74(53(40-95)122-79)126-86-71(114)78(61(104)50(37-92)120-86)130-80-56(88-45(6)97)76(128-84-68(111)64(107)59(102)48(35-90)118-84)73(52(39-94)121-80)125-82-66(109)62(105)57(100)42(3)116-82/h31,33,42-43,46-53,55-86,90-95,98,100-114H,7-30,32,34-41H2,1-6H3,(H,87,96)(H,88,97)(H,89,99)/b33-31+/t42?,43?,46-,47+,48?,49?,50?,51?,52?,53?,55?,56?,57+,58+,59-,60-,61-,62?,63?,64-,65+,66-,67-,68?,69?,70?,71?,72+,73+,74+,75+,76+,77-,78-,79-,80-,81+,82+,83+,84-,85-,86-/m0/s1. The van der Waals surface area contributed by atoms with Gasteiger partial charge in [-0.15, -0.1) is 0 Å². The molecule has 0 aromatic heterocycles. The Morgan fingerprint density at radius 2 is 0.615 bits per heavy atom. The number of rotatable bonds is 54. The lowest BCUT2D eigenvalue weighted by atomic mass is 9.93. The summed E-state index contributed by atoms with van der Waals surface area (Å²) in [6.07, 6.45) is -46.5. The Morgan fingerprint density at radius 3 is 1.00 bits per heavy atom. The summed E-state index contributed by atoms with van der Waals surface area (Å²) in [5.74, 6) is -2.30. The number of aliphatic hydroxyl groups is 22. The zero-order valence-electron chi connectivity index (χ0n) is 75.3. The first kappa shape index (κ1) is 112. The number of unbranched alkanes of at least 4 members (excludes halogenated alkanes) is 23. The van der Waals surface area contributed by atoms with E-state index in [1.165, 1.54) is 104 Å². The molecule has 25 N–H and O–H groups in total. The molecular formula is C86H153N3O41. The second-order valence-electron chi connectivity index (χ2n) is 35.5. The second kappa shape index (κ2) is 56.6. The van der Waals surface area contributed by atoms with Crippen molar-refractivity contribution in [1.29, 1.82) is 0 Å². The highest BCUT2D eigenvalue weighted by Crippen LogP contribution is 2.41. The van der Waals surface area contributed by atoms with Crippen LogP contribution in [0.15, 0.2) is 12.2 Å². The lowest BCUT2D eigenvalue weighted by Crippen LogP contribution is -2.72. The molecule has 758 valence electrons. The number of hydrogen-bond acceptors (Lipinski definition) is 41. The molecule has 44 nitrogen and oxygen atoms in total. The third-order valence-electron chi connectivity index (χ3n) is 25.4. The molecule has 0 bridgehead atoms. The third kappa shape index (κ3) is 31.1. The fraction of sp³-hybridized carbons (Fsp3) is 0.942. The van der Waals surface area contributed by atoms with Crippen LogP contribution < -0.4 is 16.0 Å². The Morgan fingerprint density at radius 1 is 0.315 bits per heavy atom. The summed E-state index contributed by atoms with van der Waals surface area (Å²) in [4.78, 5) is 40.7. The van der Waals surface area contributed by atoms with E-state index in [0.29, 0.717) is 12.8 Å². The van der Waals surface area contributed by atoms with Gasteiger partial charge in [-0.3, -0.25) is 14.4 Å². The van der Waals surface area contributed by atoms with E-state index in [1.807, 2.05) is 6.08 Å². The summed E-state index contributed by atoms with van der Waals surface area (Å²) in [7, 11) is 0. The molecule has 8 aliphatic heterocycles. The molecule has 0 saturated carbocycles. The zero-order chi connectivity index (χ0) is 95.2. The van der Waals surface area contributed by atoms with E-state index in [0.717, 1.165) is 71.6 Å². The molecule has 0 radical (unpaired) electrons. The molecule has 0 aliphatic carbocycles. The van der Waals surface area contributed by atoms with Crippen LogP contribution in [0, 0.1) is 0 Å². The SMILES string of the molecule is CCCCCCCCCCCCC/C=C/[C@@H](O)[C@H](CO[C@@H]1OC(CO)[C@@H](O[C@@H]2OC(CO)[C@H](O)[C@H](O[C@@H]3OC(CO)[C@@H](O[C@@H]4OC(CO)[C@H](O)[C@H](O[C@@H]5OC(CO)[C@@H](O[C@H]6OC(C)[C@@H](O)C(O)[C@@H]6O)[C@H](O[C@@H]6OC(CO)[C@H](O)[C@H](O)C6O)C5NC(C)=O)C4O)[C@H](O[C@H]4OC(C)[C@@H](O)C(O)[C@@H]4O)C3NC(C)=O)C2O)[C@H](O)C1O)NC(=O)CCCCCCCCCCCCCCC. The van der Waals surface area contributed by atoms with E-state index in [4.69, 9.17) is 75.8 Å². The fourth-order valence-electron chi connectivity index (χ4n) is 17.6. The minimum atomic E-state index is -2.46. The van der Waals surface area contributed by atoms with Crippen molar-refractivity contribution in [1.82, 2.24) is 16.0 Å². The molecule has 0 aromatic rings. The van der Waals surface area contributed by atoms with Crippen LogP contribution in [0.1, 0.15) is 208 Å². The van der Waals surface area contributed by atoms with Gasteiger partial charge in [0.2, 0.25) is 17.7 Å². The smallest absolute Gasteiger partial charge is 0.220 e. The maximum atomic E-state index is 13.7. The maximum absolute atomic E-state index is 13.7. The molecule has 8 saturated heterocycles. The summed E-state index contributed by atoms with van der Waals surface area (Å²) in [6, 6.07) is -5.08. The van der Waals surface area contributed by atoms with Gasteiger partial charge in [-0.2, -0.15) is 0 Å². The first-order valence-corrected chi connectivity index (χ1v) is 46.7. The normalized spacial score (nSPS) is 40.9. The van der Waals surface area contributed by atoms with Crippen LogP contribution in [0.5, 0.6) is 0 Å². The molecule has 0 aromatic carbocycles. The van der Waals surface area contributed by atoms with Gasteiger partial charge in [0.05, 0.1) is 70.6 Å². The first-order chi connectivity index (χ1) is 62.2. The monoisotopic (exact) mass is 1880 g/mol. The van der Waals surface area contributed by atoms with Gasteiger partial charge >= 0.3 is 0 Å². The average molecular weight is 1890 g/mol. The zero-order valence-corrected chi connectivity index (χ0v) is 75.3. The van der Waals surface area contributed by atoms with Crippen molar-refractivity contribution in [2.45, 2.75) is 466 Å². The van der Waals surface area contributed by atoms with Crippen molar-refractivity contribution in [3.8, 4) is 0 Å². The van der Waals surface area contributed by atoms with Crippen molar-refractivity contribution in [3.05, 3.63) is 12.2 Å². The molecule has 0 spiro atoms. The summed E-state index contributed by atoms with van der Waals surface area (Å²) >= 11 is 0. The van der Waals surface area contributed by atoms with Gasteiger partial charge in [0.25, 0.3) is 0 Å². The molecule has 3 amide bonds. The summed E-state index contributed by atoms with van der Waals surface area (Å²) in [6.45, 7) is 1.75. The number of aliphatic hydroxyl groups excluding tert-OH is 22. The maximum Gasteiger partial charge on any atom is 0.220 e. The minimum Gasteiger partial charge on any atom is -0.394 e. The van der Waals surface area contributed by atoms with Crippen molar-refractivity contribution in [3.63, 3.8) is 0 Å². The molecule has 16 unspecified atom stereocenters. The van der Waals surface area contributed by atoms with E-state index < -0.39 is 316 Å². The quantitative estimate of drug-likeness (QED) is 0.0200. The molecule has 8 aliphatic rings.